The van der Waals surface area contributed by atoms with Gasteiger partial charge in [-0.2, -0.15) is 5.26 Å². The molecule has 0 bridgehead atoms. The molecule has 2 atom stereocenters. The molecule has 0 spiro atoms. The van der Waals surface area contributed by atoms with Crippen molar-refractivity contribution in [3.05, 3.63) is 69.5 Å². The van der Waals surface area contributed by atoms with E-state index in [9.17, 15) is 19.6 Å². The molecule has 0 aliphatic rings. The standard InChI is InChI=1S/C16H14FN3O3/c1-10(16(21)11-2-4-13(17)5-3-11)19-14-6-7-15(20(22)23)12(8-14)9-18/h2-8,10,16,19,21H,1H3/t10-,16-/m1/s1. The smallest absolute Gasteiger partial charge is 0.287 e. The van der Waals surface area contributed by atoms with Gasteiger partial charge in [0, 0.05) is 11.8 Å². The van der Waals surface area contributed by atoms with Gasteiger partial charge in [-0.1, -0.05) is 12.1 Å². The summed E-state index contributed by atoms with van der Waals surface area (Å²) in [6, 6.07) is 10.8. The Bertz CT molecular complexity index is 756. The second-order valence-electron chi connectivity index (χ2n) is 5.03. The molecule has 118 valence electrons. The van der Waals surface area contributed by atoms with Crippen LogP contribution in [0.3, 0.4) is 0 Å². The van der Waals surface area contributed by atoms with Crippen molar-refractivity contribution < 1.29 is 14.4 Å². The Kier molecular flexibility index (Phi) is 4.88. The number of anilines is 1. The lowest BCUT2D eigenvalue weighted by atomic mass is 10.0. The zero-order valence-corrected chi connectivity index (χ0v) is 12.2. The molecule has 0 aliphatic carbocycles. The number of benzene rings is 2. The maximum absolute atomic E-state index is 12.9. The van der Waals surface area contributed by atoms with Crippen molar-refractivity contribution in [3.63, 3.8) is 0 Å². The van der Waals surface area contributed by atoms with Gasteiger partial charge in [0.25, 0.3) is 5.69 Å². The number of halogens is 1. The van der Waals surface area contributed by atoms with E-state index in [0.29, 0.717) is 11.3 Å². The first-order chi connectivity index (χ1) is 10.9. The summed E-state index contributed by atoms with van der Waals surface area (Å²) in [5, 5.41) is 33.0. The van der Waals surface area contributed by atoms with E-state index >= 15 is 0 Å². The van der Waals surface area contributed by atoms with E-state index in [0.717, 1.165) is 0 Å². The number of hydrogen-bond acceptors (Lipinski definition) is 5. The largest absolute Gasteiger partial charge is 0.386 e. The molecule has 0 saturated heterocycles. The molecule has 7 heteroatoms. The monoisotopic (exact) mass is 315 g/mol. The highest BCUT2D eigenvalue weighted by Crippen LogP contribution is 2.25. The molecule has 0 fully saturated rings. The van der Waals surface area contributed by atoms with E-state index < -0.39 is 22.9 Å². The SMILES string of the molecule is C[C@@H](Nc1ccc([N+](=O)[O-])c(C#N)c1)[C@@H](O)c1ccc(F)cc1. The topological polar surface area (TPSA) is 99.2 Å². The molecule has 0 radical (unpaired) electrons. The van der Waals surface area contributed by atoms with Crippen LogP contribution in [0.1, 0.15) is 24.2 Å². The number of rotatable bonds is 5. The van der Waals surface area contributed by atoms with Crippen molar-refractivity contribution in [2.45, 2.75) is 19.1 Å². The Morgan fingerprint density at radius 1 is 1.30 bits per heavy atom. The van der Waals surface area contributed by atoms with Gasteiger partial charge in [0.15, 0.2) is 0 Å². The number of nitriles is 1. The fraction of sp³-hybridized carbons (Fsp3) is 0.188. The van der Waals surface area contributed by atoms with Gasteiger partial charge in [-0.25, -0.2) is 4.39 Å². The molecule has 2 aromatic carbocycles. The van der Waals surface area contributed by atoms with Crippen molar-refractivity contribution >= 4 is 11.4 Å². The summed E-state index contributed by atoms with van der Waals surface area (Å²) in [5.41, 5.74) is 0.669. The van der Waals surface area contributed by atoms with E-state index in [4.69, 9.17) is 5.26 Å². The molecule has 0 amide bonds. The van der Waals surface area contributed by atoms with Crippen LogP contribution in [-0.2, 0) is 0 Å². The molecule has 2 N–H and O–H groups in total. The zero-order valence-electron chi connectivity index (χ0n) is 12.2. The van der Waals surface area contributed by atoms with Gasteiger partial charge < -0.3 is 10.4 Å². The molecule has 0 unspecified atom stereocenters. The van der Waals surface area contributed by atoms with Crippen LogP contribution in [0.2, 0.25) is 0 Å². The quantitative estimate of drug-likeness (QED) is 0.652. The van der Waals surface area contributed by atoms with Crippen molar-refractivity contribution in [1.29, 1.82) is 5.26 Å². The maximum Gasteiger partial charge on any atom is 0.287 e. The molecule has 0 aliphatic heterocycles. The normalized spacial score (nSPS) is 13.0. The maximum atomic E-state index is 12.9. The molecule has 2 rings (SSSR count). The minimum absolute atomic E-state index is 0.0662. The van der Waals surface area contributed by atoms with Gasteiger partial charge in [-0.3, -0.25) is 10.1 Å². The molecule has 0 saturated carbocycles. The fourth-order valence-corrected chi connectivity index (χ4v) is 2.17. The van der Waals surface area contributed by atoms with Crippen LogP contribution < -0.4 is 5.32 Å². The molecular weight excluding hydrogens is 301 g/mol. The van der Waals surface area contributed by atoms with Gasteiger partial charge in [-0.15, -0.1) is 0 Å². The third-order valence-electron chi connectivity index (χ3n) is 3.39. The molecule has 0 aromatic heterocycles. The predicted octanol–water partition coefficient (Wildman–Crippen LogP) is 3.14. The minimum atomic E-state index is -0.906. The van der Waals surface area contributed by atoms with E-state index in [1.54, 1.807) is 13.0 Å². The molecular formula is C16H14FN3O3. The van der Waals surface area contributed by atoms with Crippen LogP contribution in [0.4, 0.5) is 15.8 Å². The highest BCUT2D eigenvalue weighted by atomic mass is 19.1. The molecule has 0 heterocycles. The Balaban J connectivity index is 2.16. The second-order valence-corrected chi connectivity index (χ2v) is 5.03. The van der Waals surface area contributed by atoms with E-state index in [2.05, 4.69) is 5.32 Å². The van der Waals surface area contributed by atoms with Crippen LogP contribution in [0.15, 0.2) is 42.5 Å². The lowest BCUT2D eigenvalue weighted by Crippen LogP contribution is -2.24. The number of nitro groups is 1. The zero-order chi connectivity index (χ0) is 17.0. The Labute approximate surface area is 132 Å². The number of nitro benzene ring substituents is 1. The average molecular weight is 315 g/mol. The first-order valence-electron chi connectivity index (χ1n) is 6.81. The third kappa shape index (κ3) is 3.81. The summed E-state index contributed by atoms with van der Waals surface area (Å²) in [6.45, 7) is 1.71. The summed E-state index contributed by atoms with van der Waals surface area (Å²) >= 11 is 0. The highest BCUT2D eigenvalue weighted by molar-refractivity contribution is 5.59. The summed E-state index contributed by atoms with van der Waals surface area (Å²) < 4.78 is 12.9. The molecule has 2 aromatic rings. The third-order valence-corrected chi connectivity index (χ3v) is 3.39. The van der Waals surface area contributed by atoms with Crippen LogP contribution in [0.5, 0.6) is 0 Å². The van der Waals surface area contributed by atoms with Crippen molar-refractivity contribution in [2.75, 3.05) is 5.32 Å². The highest BCUT2D eigenvalue weighted by Gasteiger charge is 2.18. The first-order valence-corrected chi connectivity index (χ1v) is 6.81. The van der Waals surface area contributed by atoms with Crippen LogP contribution in [0.25, 0.3) is 0 Å². The Morgan fingerprint density at radius 2 is 1.96 bits per heavy atom. The number of nitrogens with zero attached hydrogens (tertiary/aromatic N) is 2. The van der Waals surface area contributed by atoms with Crippen LogP contribution >= 0.6 is 0 Å². The number of nitrogens with one attached hydrogen (secondary N) is 1. The Morgan fingerprint density at radius 3 is 2.52 bits per heavy atom. The average Bonchev–Trinajstić information content (AvgIpc) is 2.54. The summed E-state index contributed by atoms with van der Waals surface area (Å²) in [7, 11) is 0. The lowest BCUT2D eigenvalue weighted by molar-refractivity contribution is -0.385. The number of aliphatic hydroxyl groups is 1. The van der Waals surface area contributed by atoms with Crippen molar-refractivity contribution in [3.8, 4) is 6.07 Å². The van der Waals surface area contributed by atoms with E-state index in [1.807, 2.05) is 0 Å². The predicted molar refractivity (Wildman–Crippen MR) is 82.3 cm³/mol. The minimum Gasteiger partial charge on any atom is -0.386 e. The van der Waals surface area contributed by atoms with Crippen molar-refractivity contribution in [2.24, 2.45) is 0 Å². The van der Waals surface area contributed by atoms with E-state index in [1.165, 1.54) is 42.5 Å². The number of aliphatic hydroxyl groups excluding tert-OH is 1. The summed E-state index contributed by atoms with van der Waals surface area (Å²) in [4.78, 5) is 10.2. The first kappa shape index (κ1) is 16.4. The molecule has 23 heavy (non-hydrogen) atoms. The van der Waals surface area contributed by atoms with Gasteiger partial charge in [0.1, 0.15) is 17.4 Å². The fourth-order valence-electron chi connectivity index (χ4n) is 2.17. The van der Waals surface area contributed by atoms with Crippen molar-refractivity contribution in [1.82, 2.24) is 0 Å². The number of hydrogen-bond donors (Lipinski definition) is 2. The van der Waals surface area contributed by atoms with Crippen LogP contribution in [-0.4, -0.2) is 16.1 Å². The van der Waals surface area contributed by atoms with Crippen LogP contribution in [0, 0.1) is 27.3 Å². The lowest BCUT2D eigenvalue weighted by Gasteiger charge is -2.21. The van der Waals surface area contributed by atoms with E-state index in [-0.39, 0.29) is 11.3 Å². The molecule has 6 nitrogen and oxygen atoms in total. The van der Waals surface area contributed by atoms with Gasteiger partial charge in [0.2, 0.25) is 0 Å². The van der Waals surface area contributed by atoms with Gasteiger partial charge in [0.05, 0.1) is 17.1 Å². The van der Waals surface area contributed by atoms with Gasteiger partial charge >= 0.3 is 0 Å². The summed E-state index contributed by atoms with van der Waals surface area (Å²) in [6.07, 6.45) is -0.906. The Hall–Kier alpha value is -2.98. The van der Waals surface area contributed by atoms with Gasteiger partial charge in [-0.05, 0) is 36.8 Å². The second kappa shape index (κ2) is 6.85. The summed E-state index contributed by atoms with van der Waals surface area (Å²) in [5.74, 6) is -0.393.